The number of ether oxygens (including phenoxy) is 2. The van der Waals surface area contributed by atoms with Crippen LogP contribution in [-0.2, 0) is 14.8 Å². The lowest BCUT2D eigenvalue weighted by Crippen LogP contribution is -2.44. The summed E-state index contributed by atoms with van der Waals surface area (Å²) in [6.45, 7) is 0.718. The molecule has 0 bridgehead atoms. The van der Waals surface area contributed by atoms with Gasteiger partial charge in [-0.1, -0.05) is 12.1 Å². The number of para-hydroxylation sites is 1. The fourth-order valence-electron chi connectivity index (χ4n) is 2.71. The Kier molecular flexibility index (Phi) is 6.99. The molecule has 1 atom stereocenters. The van der Waals surface area contributed by atoms with Crippen LogP contribution in [0.3, 0.4) is 0 Å². The van der Waals surface area contributed by atoms with Gasteiger partial charge < -0.3 is 14.8 Å². The van der Waals surface area contributed by atoms with Crippen LogP contribution in [0.25, 0.3) is 0 Å². The molecule has 0 spiro atoms. The van der Waals surface area contributed by atoms with Crippen molar-refractivity contribution < 1.29 is 27.1 Å². The van der Waals surface area contributed by atoms with Gasteiger partial charge in [-0.05, 0) is 42.7 Å². The van der Waals surface area contributed by atoms with E-state index >= 15 is 0 Å². The van der Waals surface area contributed by atoms with E-state index in [0.29, 0.717) is 30.5 Å². The van der Waals surface area contributed by atoms with Crippen molar-refractivity contribution in [3.05, 3.63) is 48.3 Å². The van der Waals surface area contributed by atoms with E-state index in [9.17, 15) is 17.6 Å². The van der Waals surface area contributed by atoms with Gasteiger partial charge in [0.1, 0.15) is 25.1 Å². The molecule has 1 amide bonds. The fraction of sp³-hybridized carbons (Fsp3) is 0.316. The number of amides is 1. The van der Waals surface area contributed by atoms with Crippen LogP contribution in [-0.4, -0.2) is 45.6 Å². The largest absolute Gasteiger partial charge is 0.486 e. The Balaban J connectivity index is 1.79. The second kappa shape index (κ2) is 9.47. The van der Waals surface area contributed by atoms with Crippen LogP contribution < -0.4 is 19.5 Å². The van der Waals surface area contributed by atoms with Gasteiger partial charge in [-0.15, -0.1) is 0 Å². The standard InChI is InChI=1S/C19H21FN2O5S2/c1-28-11-8-16(19(23)21-15-5-3-2-4-14(15)20)22-29(24,25)13-6-7-17-18(12-13)27-10-9-26-17/h2-7,12,16,22H,8-11H2,1H3,(H,21,23)/t16-/m0/s1. The number of rotatable bonds is 8. The molecule has 0 unspecified atom stereocenters. The zero-order valence-corrected chi connectivity index (χ0v) is 17.3. The number of sulfonamides is 1. The molecule has 10 heteroatoms. The van der Waals surface area contributed by atoms with Gasteiger partial charge in [0.2, 0.25) is 15.9 Å². The lowest BCUT2D eigenvalue weighted by Gasteiger charge is -2.21. The van der Waals surface area contributed by atoms with E-state index in [1.54, 1.807) is 6.07 Å². The minimum Gasteiger partial charge on any atom is -0.486 e. The maximum absolute atomic E-state index is 13.8. The van der Waals surface area contributed by atoms with E-state index in [2.05, 4.69) is 10.0 Å². The van der Waals surface area contributed by atoms with Crippen molar-refractivity contribution in [1.29, 1.82) is 0 Å². The number of benzene rings is 2. The van der Waals surface area contributed by atoms with E-state index in [-0.39, 0.29) is 17.0 Å². The van der Waals surface area contributed by atoms with Crippen LogP contribution in [0.2, 0.25) is 0 Å². The third-order valence-electron chi connectivity index (χ3n) is 4.18. The highest BCUT2D eigenvalue weighted by Gasteiger charge is 2.27. The summed E-state index contributed by atoms with van der Waals surface area (Å²) in [6.07, 6.45) is 2.09. The smallest absolute Gasteiger partial charge is 0.242 e. The molecular weight excluding hydrogens is 419 g/mol. The van der Waals surface area contributed by atoms with Crippen molar-refractivity contribution in [2.24, 2.45) is 0 Å². The molecule has 0 saturated carbocycles. The fourth-order valence-corrected chi connectivity index (χ4v) is 4.42. The van der Waals surface area contributed by atoms with Gasteiger partial charge in [-0.2, -0.15) is 16.5 Å². The Hall–Kier alpha value is -2.30. The molecule has 29 heavy (non-hydrogen) atoms. The Morgan fingerprint density at radius 2 is 1.90 bits per heavy atom. The Morgan fingerprint density at radius 1 is 1.17 bits per heavy atom. The minimum absolute atomic E-state index is 0.00909. The third kappa shape index (κ3) is 5.40. The number of anilines is 1. The molecule has 1 aliphatic heterocycles. The number of thioether (sulfide) groups is 1. The Morgan fingerprint density at radius 3 is 2.62 bits per heavy atom. The normalized spacial score (nSPS) is 14.3. The van der Waals surface area contributed by atoms with E-state index in [1.165, 1.54) is 48.2 Å². The molecule has 0 radical (unpaired) electrons. The van der Waals surface area contributed by atoms with Crippen LogP contribution in [0.1, 0.15) is 6.42 Å². The van der Waals surface area contributed by atoms with Gasteiger partial charge in [0.15, 0.2) is 11.5 Å². The number of halogens is 1. The number of fused-ring (bicyclic) bond motifs is 1. The number of hydrogen-bond acceptors (Lipinski definition) is 6. The number of carbonyl (C=O) groups excluding carboxylic acids is 1. The molecule has 2 aromatic carbocycles. The first-order valence-corrected chi connectivity index (χ1v) is 11.7. The zero-order chi connectivity index (χ0) is 20.9. The molecule has 7 nitrogen and oxygen atoms in total. The summed E-state index contributed by atoms with van der Waals surface area (Å²) in [7, 11) is -4.02. The van der Waals surface area contributed by atoms with E-state index in [0.717, 1.165) is 0 Å². The number of nitrogens with one attached hydrogen (secondary N) is 2. The van der Waals surface area contributed by atoms with Gasteiger partial charge in [-0.3, -0.25) is 4.79 Å². The van der Waals surface area contributed by atoms with Gasteiger partial charge in [0, 0.05) is 6.07 Å². The molecule has 0 fully saturated rings. The summed E-state index contributed by atoms with van der Waals surface area (Å²) in [4.78, 5) is 12.6. The molecule has 2 aromatic rings. The third-order valence-corrected chi connectivity index (χ3v) is 6.29. The Labute approximate surface area is 173 Å². The molecule has 156 valence electrons. The predicted octanol–water partition coefficient (Wildman–Crippen LogP) is 2.64. The summed E-state index contributed by atoms with van der Waals surface area (Å²) in [6, 6.07) is 8.89. The second-order valence-corrected chi connectivity index (χ2v) is 8.93. The average molecular weight is 441 g/mol. The first-order chi connectivity index (χ1) is 13.9. The zero-order valence-electron chi connectivity index (χ0n) is 15.7. The van der Waals surface area contributed by atoms with Crippen LogP contribution in [0, 0.1) is 5.82 Å². The van der Waals surface area contributed by atoms with Gasteiger partial charge in [0.25, 0.3) is 0 Å². The highest BCUT2D eigenvalue weighted by atomic mass is 32.2. The Bertz CT molecular complexity index is 984. The summed E-state index contributed by atoms with van der Waals surface area (Å²) >= 11 is 1.47. The van der Waals surface area contributed by atoms with E-state index in [1.807, 2.05) is 6.26 Å². The van der Waals surface area contributed by atoms with Crippen LogP contribution >= 0.6 is 11.8 Å². The summed E-state index contributed by atoms with van der Waals surface area (Å²) in [5.41, 5.74) is -0.00909. The van der Waals surface area contributed by atoms with Crippen molar-refractivity contribution in [2.45, 2.75) is 17.4 Å². The highest BCUT2D eigenvalue weighted by Crippen LogP contribution is 2.32. The molecule has 0 aromatic heterocycles. The predicted molar refractivity (Wildman–Crippen MR) is 110 cm³/mol. The van der Waals surface area contributed by atoms with Gasteiger partial charge in [0.05, 0.1) is 10.6 Å². The minimum atomic E-state index is -4.02. The molecule has 3 rings (SSSR count). The van der Waals surface area contributed by atoms with Crippen molar-refractivity contribution >= 4 is 33.4 Å². The van der Waals surface area contributed by atoms with Crippen LogP contribution in [0.5, 0.6) is 11.5 Å². The van der Waals surface area contributed by atoms with E-state index < -0.39 is 27.8 Å². The number of hydrogen-bond donors (Lipinski definition) is 2. The quantitative estimate of drug-likeness (QED) is 0.656. The van der Waals surface area contributed by atoms with Gasteiger partial charge in [-0.25, -0.2) is 12.8 Å². The van der Waals surface area contributed by atoms with Crippen molar-refractivity contribution in [2.75, 3.05) is 30.5 Å². The van der Waals surface area contributed by atoms with E-state index in [4.69, 9.17) is 9.47 Å². The maximum atomic E-state index is 13.8. The molecular formula is C19H21FN2O5S2. The van der Waals surface area contributed by atoms with Crippen molar-refractivity contribution in [3.63, 3.8) is 0 Å². The topological polar surface area (TPSA) is 93.7 Å². The SMILES string of the molecule is CSCC[C@H](NS(=O)(=O)c1ccc2c(c1)OCCO2)C(=O)Nc1ccccc1F. The first kappa shape index (κ1) is 21.4. The maximum Gasteiger partial charge on any atom is 0.242 e. The molecule has 0 aliphatic carbocycles. The lowest BCUT2D eigenvalue weighted by atomic mass is 10.2. The first-order valence-electron chi connectivity index (χ1n) is 8.87. The molecule has 2 N–H and O–H groups in total. The van der Waals surface area contributed by atoms with Crippen molar-refractivity contribution in [1.82, 2.24) is 4.72 Å². The summed E-state index contributed by atoms with van der Waals surface area (Å²) in [5.74, 6) is 0.102. The second-order valence-electron chi connectivity index (χ2n) is 6.23. The summed E-state index contributed by atoms with van der Waals surface area (Å²) in [5, 5.41) is 2.45. The van der Waals surface area contributed by atoms with Crippen LogP contribution in [0.4, 0.5) is 10.1 Å². The van der Waals surface area contributed by atoms with Gasteiger partial charge >= 0.3 is 0 Å². The number of carbonyl (C=O) groups is 1. The molecule has 0 saturated heterocycles. The van der Waals surface area contributed by atoms with Crippen LogP contribution in [0.15, 0.2) is 47.4 Å². The van der Waals surface area contributed by atoms with Crippen molar-refractivity contribution in [3.8, 4) is 11.5 Å². The average Bonchev–Trinajstić information content (AvgIpc) is 2.72. The molecule has 1 heterocycles. The monoisotopic (exact) mass is 440 g/mol. The summed E-state index contributed by atoms with van der Waals surface area (Å²) < 4.78 is 52.8. The highest BCUT2D eigenvalue weighted by molar-refractivity contribution is 7.98. The lowest BCUT2D eigenvalue weighted by molar-refractivity contribution is -0.117. The molecule has 1 aliphatic rings.